The van der Waals surface area contributed by atoms with Gasteiger partial charge in [0, 0.05) is 25.5 Å². The molecule has 1 unspecified atom stereocenters. The zero-order chi connectivity index (χ0) is 22.7. The van der Waals surface area contributed by atoms with Crippen molar-refractivity contribution in [3.63, 3.8) is 0 Å². The molecule has 0 saturated heterocycles. The van der Waals surface area contributed by atoms with Crippen LogP contribution in [0.4, 0.5) is 0 Å². The topological polar surface area (TPSA) is 55.2 Å². The molecule has 2 aromatic carbocycles. The summed E-state index contributed by atoms with van der Waals surface area (Å²) in [4.78, 5) is 33.8. The van der Waals surface area contributed by atoms with E-state index in [9.17, 15) is 9.59 Å². The summed E-state index contributed by atoms with van der Waals surface area (Å²) in [5, 5.41) is -0.0114. The lowest BCUT2D eigenvalue weighted by Crippen LogP contribution is -2.28. The Morgan fingerprint density at radius 1 is 1.16 bits per heavy atom. The van der Waals surface area contributed by atoms with Gasteiger partial charge in [-0.15, -0.1) is 17.9 Å². The Hall–Kier alpha value is -3.16. The minimum Gasteiger partial charge on any atom is -0.348 e. The smallest absolute Gasteiger partial charge is 0.272 e. The van der Waals surface area contributed by atoms with E-state index in [0.717, 1.165) is 16.0 Å². The standard InChI is InChI=1S/C25H23N3O2S2/c1-4-15-28-24(30)22-19(16-20(31-22)17-11-7-5-8-12-17)26-25(28)32-21(23(29)27(2)3)18-13-9-6-10-14-18/h4-14,16,21H,1,15H2,2-3H3. The third-order valence-corrected chi connectivity index (χ3v) is 7.35. The van der Waals surface area contributed by atoms with Crippen molar-refractivity contribution in [2.24, 2.45) is 0 Å². The second-order valence-corrected chi connectivity index (χ2v) is 9.56. The van der Waals surface area contributed by atoms with Gasteiger partial charge in [-0.05, 0) is 17.2 Å². The highest BCUT2D eigenvalue weighted by Crippen LogP contribution is 2.37. The summed E-state index contributed by atoms with van der Waals surface area (Å²) in [5.74, 6) is -0.0593. The Bertz CT molecular complexity index is 1310. The first-order valence-corrected chi connectivity index (χ1v) is 11.8. The van der Waals surface area contributed by atoms with Gasteiger partial charge >= 0.3 is 0 Å². The van der Waals surface area contributed by atoms with Crippen LogP contribution in [0.15, 0.2) is 89.3 Å². The maximum absolute atomic E-state index is 13.4. The number of aromatic nitrogens is 2. The predicted octanol–water partition coefficient (Wildman–Crippen LogP) is 5.23. The second kappa shape index (κ2) is 9.54. The van der Waals surface area contributed by atoms with Gasteiger partial charge in [0.15, 0.2) is 5.16 Å². The molecule has 32 heavy (non-hydrogen) atoms. The number of thioether (sulfide) groups is 1. The molecule has 0 aliphatic heterocycles. The van der Waals surface area contributed by atoms with Crippen molar-refractivity contribution in [3.8, 4) is 10.4 Å². The first-order chi connectivity index (χ1) is 15.5. The minimum absolute atomic E-state index is 0.0593. The summed E-state index contributed by atoms with van der Waals surface area (Å²) in [5.41, 5.74) is 2.44. The van der Waals surface area contributed by atoms with E-state index in [1.165, 1.54) is 23.1 Å². The molecule has 0 N–H and O–H groups in total. The van der Waals surface area contributed by atoms with E-state index < -0.39 is 5.25 Å². The molecule has 7 heteroatoms. The number of rotatable bonds is 7. The van der Waals surface area contributed by atoms with E-state index in [4.69, 9.17) is 4.98 Å². The van der Waals surface area contributed by atoms with Crippen LogP contribution in [0.1, 0.15) is 10.8 Å². The average Bonchev–Trinajstić information content (AvgIpc) is 3.25. The van der Waals surface area contributed by atoms with E-state index in [2.05, 4.69) is 6.58 Å². The van der Waals surface area contributed by atoms with E-state index in [0.29, 0.717) is 21.9 Å². The summed E-state index contributed by atoms with van der Waals surface area (Å²) >= 11 is 2.73. The highest BCUT2D eigenvalue weighted by Gasteiger charge is 2.26. The van der Waals surface area contributed by atoms with Crippen molar-refractivity contribution in [2.75, 3.05) is 14.1 Å². The van der Waals surface area contributed by atoms with Crippen LogP contribution in [0.2, 0.25) is 0 Å². The van der Waals surface area contributed by atoms with Gasteiger partial charge < -0.3 is 4.90 Å². The quantitative estimate of drug-likeness (QED) is 0.215. The molecule has 1 atom stereocenters. The van der Waals surface area contributed by atoms with Crippen molar-refractivity contribution in [1.82, 2.24) is 14.5 Å². The van der Waals surface area contributed by atoms with Gasteiger partial charge in [-0.2, -0.15) is 0 Å². The zero-order valence-electron chi connectivity index (χ0n) is 17.9. The normalized spacial score (nSPS) is 11.9. The van der Waals surface area contributed by atoms with Crippen LogP contribution < -0.4 is 5.56 Å². The van der Waals surface area contributed by atoms with Crippen molar-refractivity contribution in [1.29, 1.82) is 0 Å². The van der Waals surface area contributed by atoms with Crippen LogP contribution in [0.5, 0.6) is 0 Å². The van der Waals surface area contributed by atoms with Crippen LogP contribution in [-0.4, -0.2) is 34.5 Å². The zero-order valence-corrected chi connectivity index (χ0v) is 19.5. The summed E-state index contributed by atoms with van der Waals surface area (Å²) < 4.78 is 2.20. The molecule has 2 aromatic heterocycles. The summed E-state index contributed by atoms with van der Waals surface area (Å²) in [7, 11) is 3.47. The number of hydrogen-bond acceptors (Lipinski definition) is 5. The third kappa shape index (κ3) is 4.40. The second-order valence-electron chi connectivity index (χ2n) is 7.43. The molecule has 0 fully saturated rings. The number of hydrogen-bond donors (Lipinski definition) is 0. The van der Waals surface area contributed by atoms with Crippen molar-refractivity contribution < 1.29 is 4.79 Å². The monoisotopic (exact) mass is 461 g/mol. The summed E-state index contributed by atoms with van der Waals surface area (Å²) in [6, 6.07) is 21.5. The molecule has 0 spiro atoms. The number of likely N-dealkylation sites (N-methyl/N-ethyl adjacent to an activating group) is 1. The molecule has 0 saturated carbocycles. The Balaban J connectivity index is 1.84. The van der Waals surface area contributed by atoms with Crippen LogP contribution in [0.25, 0.3) is 20.7 Å². The molecule has 162 valence electrons. The van der Waals surface area contributed by atoms with Gasteiger partial charge in [0.1, 0.15) is 9.95 Å². The van der Waals surface area contributed by atoms with Crippen LogP contribution in [0.3, 0.4) is 0 Å². The number of carbonyl (C=O) groups is 1. The number of benzene rings is 2. The lowest BCUT2D eigenvalue weighted by atomic mass is 10.1. The number of fused-ring (bicyclic) bond motifs is 1. The minimum atomic E-state index is -0.515. The average molecular weight is 462 g/mol. The highest BCUT2D eigenvalue weighted by atomic mass is 32.2. The fourth-order valence-electron chi connectivity index (χ4n) is 3.34. The Morgan fingerprint density at radius 2 is 1.81 bits per heavy atom. The van der Waals surface area contributed by atoms with Crippen LogP contribution >= 0.6 is 23.1 Å². The lowest BCUT2D eigenvalue weighted by Gasteiger charge is -2.21. The van der Waals surface area contributed by atoms with Crippen molar-refractivity contribution >= 4 is 39.2 Å². The van der Waals surface area contributed by atoms with E-state index in [1.54, 1.807) is 29.6 Å². The molecule has 1 amide bonds. The molecule has 2 heterocycles. The SMILES string of the molecule is C=CCn1c(SC(C(=O)N(C)C)c2ccccc2)nc2cc(-c3ccccc3)sc2c1=O. The van der Waals surface area contributed by atoms with Gasteiger partial charge in [0.05, 0.1) is 5.52 Å². The first-order valence-electron chi connectivity index (χ1n) is 10.1. The molecule has 0 aliphatic rings. The summed E-state index contributed by atoms with van der Waals surface area (Å²) in [6.45, 7) is 4.12. The van der Waals surface area contributed by atoms with Gasteiger partial charge in [-0.3, -0.25) is 14.2 Å². The third-order valence-electron chi connectivity index (χ3n) is 4.96. The van der Waals surface area contributed by atoms with Gasteiger partial charge in [-0.1, -0.05) is 78.5 Å². The van der Waals surface area contributed by atoms with Gasteiger partial charge in [0.2, 0.25) is 5.91 Å². The van der Waals surface area contributed by atoms with Crippen molar-refractivity contribution in [2.45, 2.75) is 17.0 Å². The number of carbonyl (C=O) groups excluding carboxylic acids is 1. The molecule has 5 nitrogen and oxygen atoms in total. The van der Waals surface area contributed by atoms with Gasteiger partial charge in [-0.25, -0.2) is 4.98 Å². The molecular formula is C25H23N3O2S2. The van der Waals surface area contributed by atoms with E-state index in [-0.39, 0.29) is 11.5 Å². The van der Waals surface area contributed by atoms with Gasteiger partial charge in [0.25, 0.3) is 5.56 Å². The molecule has 4 aromatic rings. The lowest BCUT2D eigenvalue weighted by molar-refractivity contribution is -0.128. The fourth-order valence-corrected chi connectivity index (χ4v) is 5.65. The van der Waals surface area contributed by atoms with Crippen LogP contribution in [0, 0.1) is 0 Å². The van der Waals surface area contributed by atoms with Crippen LogP contribution in [-0.2, 0) is 11.3 Å². The Kier molecular flexibility index (Phi) is 6.58. The van der Waals surface area contributed by atoms with E-state index >= 15 is 0 Å². The molecule has 4 rings (SSSR count). The molecule has 0 aliphatic carbocycles. The number of allylic oxidation sites excluding steroid dienone is 1. The Labute approximate surface area is 195 Å². The number of thiophene rings is 1. The molecule has 0 radical (unpaired) electrons. The number of nitrogens with zero attached hydrogens (tertiary/aromatic N) is 3. The van der Waals surface area contributed by atoms with Crippen molar-refractivity contribution in [3.05, 3.63) is 95.3 Å². The molecular weight excluding hydrogens is 438 g/mol. The maximum Gasteiger partial charge on any atom is 0.272 e. The summed E-state index contributed by atoms with van der Waals surface area (Å²) in [6.07, 6.45) is 1.68. The molecule has 0 bridgehead atoms. The largest absolute Gasteiger partial charge is 0.348 e. The van der Waals surface area contributed by atoms with E-state index in [1.807, 2.05) is 66.7 Å². The predicted molar refractivity (Wildman–Crippen MR) is 133 cm³/mol. The Morgan fingerprint density at radius 3 is 2.44 bits per heavy atom. The first kappa shape index (κ1) is 22.0. The maximum atomic E-state index is 13.4. The number of amides is 1. The highest BCUT2D eigenvalue weighted by molar-refractivity contribution is 8.00. The fraction of sp³-hybridized carbons (Fsp3) is 0.160.